The number of esters is 1. The largest absolute Gasteiger partial charge is 0.422 e. The number of carbonyl (C=O) groups is 3. The summed E-state index contributed by atoms with van der Waals surface area (Å²) in [5.41, 5.74) is 2.00. The molecule has 0 aliphatic rings. The van der Waals surface area contributed by atoms with E-state index < -0.39 is 5.97 Å². The molecule has 1 heterocycles. The van der Waals surface area contributed by atoms with Crippen LogP contribution in [0.3, 0.4) is 0 Å². The van der Waals surface area contributed by atoms with Crippen LogP contribution in [0.2, 0.25) is 0 Å². The predicted octanol–water partition coefficient (Wildman–Crippen LogP) is 4.73. The molecule has 0 fully saturated rings. The lowest BCUT2D eigenvalue weighted by molar-refractivity contribution is -0.134. The topological polar surface area (TPSA) is 97.4 Å². The van der Waals surface area contributed by atoms with Gasteiger partial charge in [-0.2, -0.15) is 0 Å². The van der Waals surface area contributed by atoms with Crippen LogP contribution in [-0.2, 0) is 14.4 Å². The zero-order valence-corrected chi connectivity index (χ0v) is 17.6. The van der Waals surface area contributed by atoms with E-state index in [-0.39, 0.29) is 24.0 Å². The van der Waals surface area contributed by atoms with Crippen LogP contribution in [0.1, 0.15) is 65.0 Å². The summed E-state index contributed by atoms with van der Waals surface area (Å²) in [4.78, 5) is 41.2. The Bertz CT molecular complexity index is 909. The number of hydrogen-bond donors (Lipinski definition) is 2. The summed E-state index contributed by atoms with van der Waals surface area (Å²) in [6.45, 7) is 7.55. The number of rotatable bonds is 9. The van der Waals surface area contributed by atoms with Gasteiger partial charge in [-0.1, -0.05) is 20.8 Å². The lowest BCUT2D eigenvalue weighted by Gasteiger charge is -2.17. The number of carbonyl (C=O) groups excluding carboxylic acids is 3. The maximum absolute atomic E-state index is 12.3. The van der Waals surface area contributed by atoms with Crippen molar-refractivity contribution in [2.24, 2.45) is 0 Å². The molecule has 2 amide bonds. The highest BCUT2D eigenvalue weighted by Gasteiger charge is 2.20. The Hall–Kier alpha value is -2.96. The average Bonchev–Trinajstić information content (AvgIpc) is 2.65. The Balaban J connectivity index is 2.63. The first kappa shape index (κ1) is 22.3. The van der Waals surface area contributed by atoms with E-state index >= 15 is 0 Å². The monoisotopic (exact) mass is 399 g/mol. The summed E-state index contributed by atoms with van der Waals surface area (Å²) in [7, 11) is 0. The summed E-state index contributed by atoms with van der Waals surface area (Å²) in [6, 6.07) is 5.29. The molecule has 2 aromatic rings. The highest BCUT2D eigenvalue weighted by atomic mass is 16.5. The van der Waals surface area contributed by atoms with E-state index in [0.717, 1.165) is 5.69 Å². The first-order valence-corrected chi connectivity index (χ1v) is 10.1. The van der Waals surface area contributed by atoms with E-state index in [2.05, 4.69) is 15.6 Å². The molecule has 29 heavy (non-hydrogen) atoms. The maximum Gasteiger partial charge on any atom is 0.311 e. The molecule has 2 rings (SSSR count). The second-order valence-corrected chi connectivity index (χ2v) is 6.97. The number of fused-ring (bicyclic) bond motifs is 1. The van der Waals surface area contributed by atoms with Gasteiger partial charge >= 0.3 is 5.97 Å². The molecular weight excluding hydrogens is 370 g/mol. The third kappa shape index (κ3) is 6.01. The summed E-state index contributed by atoms with van der Waals surface area (Å²) >= 11 is 0. The summed E-state index contributed by atoms with van der Waals surface area (Å²) in [5.74, 6) is -0.514. The van der Waals surface area contributed by atoms with Gasteiger partial charge in [0.2, 0.25) is 11.8 Å². The quantitative estimate of drug-likeness (QED) is 0.469. The van der Waals surface area contributed by atoms with Crippen LogP contribution in [-0.4, -0.2) is 22.8 Å². The molecule has 0 atom stereocenters. The van der Waals surface area contributed by atoms with Gasteiger partial charge in [0.1, 0.15) is 5.52 Å². The van der Waals surface area contributed by atoms with E-state index in [0.29, 0.717) is 54.4 Å². The van der Waals surface area contributed by atoms with Gasteiger partial charge in [0.25, 0.3) is 0 Å². The Morgan fingerprint density at radius 1 is 0.897 bits per heavy atom. The number of amides is 2. The fourth-order valence-corrected chi connectivity index (χ4v) is 2.91. The van der Waals surface area contributed by atoms with Crippen molar-refractivity contribution in [3.05, 3.63) is 23.9 Å². The predicted molar refractivity (Wildman–Crippen MR) is 114 cm³/mol. The van der Waals surface area contributed by atoms with E-state index in [4.69, 9.17) is 4.74 Å². The van der Waals surface area contributed by atoms with Crippen LogP contribution in [0, 0.1) is 6.92 Å². The first-order valence-electron chi connectivity index (χ1n) is 10.1. The molecule has 0 bridgehead atoms. The van der Waals surface area contributed by atoms with Crippen LogP contribution in [0.5, 0.6) is 5.75 Å². The van der Waals surface area contributed by atoms with Gasteiger partial charge < -0.3 is 15.4 Å². The van der Waals surface area contributed by atoms with Crippen molar-refractivity contribution in [1.29, 1.82) is 0 Å². The van der Waals surface area contributed by atoms with Crippen molar-refractivity contribution in [3.63, 3.8) is 0 Å². The van der Waals surface area contributed by atoms with Crippen LogP contribution in [0.25, 0.3) is 10.9 Å². The lowest BCUT2D eigenvalue weighted by Crippen LogP contribution is -2.16. The molecule has 0 spiro atoms. The minimum Gasteiger partial charge on any atom is -0.422 e. The number of aryl methyl sites for hydroxylation is 1. The highest BCUT2D eigenvalue weighted by Crippen LogP contribution is 2.38. The van der Waals surface area contributed by atoms with Gasteiger partial charge in [0, 0.05) is 30.3 Å². The van der Waals surface area contributed by atoms with Gasteiger partial charge in [0.15, 0.2) is 5.75 Å². The van der Waals surface area contributed by atoms with Crippen LogP contribution >= 0.6 is 0 Å². The van der Waals surface area contributed by atoms with Crippen LogP contribution in [0.4, 0.5) is 11.4 Å². The lowest BCUT2D eigenvalue weighted by atomic mass is 10.1. The Kier molecular flexibility index (Phi) is 8.12. The van der Waals surface area contributed by atoms with Crippen molar-refractivity contribution < 1.29 is 19.1 Å². The third-order valence-electron chi connectivity index (χ3n) is 4.25. The van der Waals surface area contributed by atoms with Crippen molar-refractivity contribution in [3.8, 4) is 5.75 Å². The third-order valence-corrected chi connectivity index (χ3v) is 4.25. The summed E-state index contributed by atoms with van der Waals surface area (Å²) in [6.07, 6.45) is 3.01. The zero-order chi connectivity index (χ0) is 21.4. The Morgan fingerprint density at radius 2 is 1.48 bits per heavy atom. The van der Waals surface area contributed by atoms with Gasteiger partial charge in [-0.15, -0.1) is 0 Å². The van der Waals surface area contributed by atoms with Gasteiger partial charge in [-0.3, -0.25) is 14.4 Å². The molecule has 0 unspecified atom stereocenters. The molecule has 1 aromatic heterocycles. The molecule has 0 aliphatic heterocycles. The molecule has 0 saturated heterocycles. The number of pyridine rings is 1. The normalized spacial score (nSPS) is 10.6. The van der Waals surface area contributed by atoms with Crippen LogP contribution in [0.15, 0.2) is 18.2 Å². The second-order valence-electron chi connectivity index (χ2n) is 6.97. The Morgan fingerprint density at radius 3 is 2.07 bits per heavy atom. The number of anilines is 2. The molecule has 0 saturated carbocycles. The maximum atomic E-state index is 12.3. The average molecular weight is 399 g/mol. The van der Waals surface area contributed by atoms with E-state index in [1.54, 1.807) is 6.07 Å². The van der Waals surface area contributed by atoms with Gasteiger partial charge in [-0.05, 0) is 44.4 Å². The van der Waals surface area contributed by atoms with Crippen molar-refractivity contribution in [2.45, 2.75) is 66.2 Å². The standard InChI is InChI=1S/C22H29N3O4/c1-5-8-18(26)24-16-13-17(25-19(27)9-6-2)22(29-20(28)10-7-3)21-15(16)12-11-14(4)23-21/h11-13H,5-10H2,1-4H3,(H,24,26)(H,25,27). The minimum atomic E-state index is -0.397. The fourth-order valence-electron chi connectivity index (χ4n) is 2.91. The number of nitrogens with zero attached hydrogens (tertiary/aromatic N) is 1. The number of ether oxygens (including phenoxy) is 1. The molecule has 0 radical (unpaired) electrons. The summed E-state index contributed by atoms with van der Waals surface area (Å²) in [5, 5.41) is 6.34. The minimum absolute atomic E-state index is 0.129. The fraction of sp³-hybridized carbons (Fsp3) is 0.455. The summed E-state index contributed by atoms with van der Waals surface area (Å²) < 4.78 is 5.61. The van der Waals surface area contributed by atoms with Crippen molar-refractivity contribution in [1.82, 2.24) is 4.98 Å². The van der Waals surface area contributed by atoms with Crippen molar-refractivity contribution in [2.75, 3.05) is 10.6 Å². The number of hydrogen-bond acceptors (Lipinski definition) is 5. The SMILES string of the molecule is CCCC(=O)Nc1cc(NC(=O)CCC)c2ccc(C)nc2c1OC(=O)CCC. The van der Waals surface area contributed by atoms with Gasteiger partial charge in [-0.25, -0.2) is 4.98 Å². The molecule has 1 aromatic carbocycles. The highest BCUT2D eigenvalue weighted by molar-refractivity contribution is 6.08. The number of aromatic nitrogens is 1. The molecule has 7 heteroatoms. The number of benzene rings is 1. The molecular formula is C22H29N3O4. The second kappa shape index (κ2) is 10.5. The zero-order valence-electron chi connectivity index (χ0n) is 17.6. The van der Waals surface area contributed by atoms with E-state index in [1.165, 1.54) is 0 Å². The smallest absolute Gasteiger partial charge is 0.311 e. The van der Waals surface area contributed by atoms with Gasteiger partial charge in [0.05, 0.1) is 11.4 Å². The van der Waals surface area contributed by atoms with E-state index in [9.17, 15) is 14.4 Å². The molecule has 2 N–H and O–H groups in total. The van der Waals surface area contributed by atoms with Crippen molar-refractivity contribution >= 4 is 40.1 Å². The first-order chi connectivity index (χ1) is 13.9. The number of nitrogens with one attached hydrogen (secondary N) is 2. The molecule has 0 aliphatic carbocycles. The molecule has 7 nitrogen and oxygen atoms in total. The molecule has 156 valence electrons. The van der Waals surface area contributed by atoms with E-state index in [1.807, 2.05) is 39.8 Å². The van der Waals surface area contributed by atoms with Crippen LogP contribution < -0.4 is 15.4 Å². The Labute approximate surface area is 171 Å².